The van der Waals surface area contributed by atoms with Gasteiger partial charge in [0.1, 0.15) is 0 Å². The zero-order valence-electron chi connectivity index (χ0n) is 13.9. The Morgan fingerprint density at radius 2 is 2.04 bits per heavy atom. The second-order valence-corrected chi connectivity index (χ2v) is 7.02. The number of hydrogen-bond donors (Lipinski definition) is 2. The average Bonchev–Trinajstić information content (AvgIpc) is 2.87. The Balaban J connectivity index is 1.85. The van der Waals surface area contributed by atoms with Gasteiger partial charge in [0.25, 0.3) is 0 Å². The number of carbonyl (C=O) groups excluding carboxylic acids is 2. The number of nitrogens with zero attached hydrogens (tertiary/aromatic N) is 1. The van der Waals surface area contributed by atoms with Crippen LogP contribution >= 0.6 is 0 Å². The second kappa shape index (κ2) is 7.59. The van der Waals surface area contributed by atoms with E-state index in [2.05, 4.69) is 5.32 Å². The van der Waals surface area contributed by atoms with Crippen molar-refractivity contribution in [2.75, 3.05) is 19.7 Å². The summed E-state index contributed by atoms with van der Waals surface area (Å²) in [5, 5.41) is 11.9. The first-order valence-electron chi connectivity index (χ1n) is 8.11. The highest BCUT2D eigenvalue weighted by Gasteiger charge is 2.34. The second-order valence-electron chi connectivity index (χ2n) is 7.02. The van der Waals surface area contributed by atoms with Gasteiger partial charge in [-0.15, -0.1) is 0 Å². The summed E-state index contributed by atoms with van der Waals surface area (Å²) in [6.07, 6.45) is 0.913. The molecular weight excluding hydrogens is 292 g/mol. The molecule has 1 unspecified atom stereocenters. The lowest BCUT2D eigenvalue weighted by Gasteiger charge is -2.24. The summed E-state index contributed by atoms with van der Waals surface area (Å²) < 4.78 is 0. The number of benzene rings is 1. The SMILES string of the molecule is CC(C)(CCO)CNC(=O)C1CC(=O)N(Cc2ccccc2)C1. The predicted octanol–water partition coefficient (Wildman–Crippen LogP) is 1.56. The molecule has 1 aromatic rings. The smallest absolute Gasteiger partial charge is 0.225 e. The fraction of sp³-hybridized carbons (Fsp3) is 0.556. The highest BCUT2D eigenvalue weighted by Crippen LogP contribution is 2.22. The molecule has 1 fully saturated rings. The minimum absolute atomic E-state index is 0.0311. The normalized spacial score (nSPS) is 18.3. The first kappa shape index (κ1) is 17.5. The molecule has 1 saturated heterocycles. The number of aliphatic hydroxyl groups is 1. The number of likely N-dealkylation sites (tertiary alicyclic amines) is 1. The predicted molar refractivity (Wildman–Crippen MR) is 88.5 cm³/mol. The van der Waals surface area contributed by atoms with E-state index in [0.29, 0.717) is 26.1 Å². The number of amides is 2. The van der Waals surface area contributed by atoms with E-state index in [1.807, 2.05) is 44.2 Å². The van der Waals surface area contributed by atoms with E-state index in [1.165, 1.54) is 0 Å². The van der Waals surface area contributed by atoms with Crippen molar-refractivity contribution in [3.63, 3.8) is 0 Å². The van der Waals surface area contributed by atoms with Gasteiger partial charge in [-0.3, -0.25) is 9.59 Å². The quantitative estimate of drug-likeness (QED) is 0.801. The van der Waals surface area contributed by atoms with Gasteiger partial charge in [-0.25, -0.2) is 0 Å². The van der Waals surface area contributed by atoms with Gasteiger partial charge in [0.05, 0.1) is 5.92 Å². The zero-order chi connectivity index (χ0) is 16.9. The third-order valence-electron chi connectivity index (χ3n) is 4.33. The molecule has 1 aromatic carbocycles. The van der Waals surface area contributed by atoms with Gasteiger partial charge in [0.2, 0.25) is 11.8 Å². The molecule has 0 spiro atoms. The van der Waals surface area contributed by atoms with E-state index in [0.717, 1.165) is 5.56 Å². The van der Waals surface area contributed by atoms with E-state index in [4.69, 9.17) is 5.11 Å². The summed E-state index contributed by atoms with van der Waals surface area (Å²) in [6, 6.07) is 9.81. The molecule has 2 amide bonds. The molecule has 126 valence electrons. The molecule has 5 heteroatoms. The lowest BCUT2D eigenvalue weighted by molar-refractivity contribution is -0.129. The summed E-state index contributed by atoms with van der Waals surface area (Å²) in [6.45, 7) is 5.65. The van der Waals surface area contributed by atoms with Crippen LogP contribution in [0, 0.1) is 11.3 Å². The third kappa shape index (κ3) is 5.06. The van der Waals surface area contributed by atoms with Crippen molar-refractivity contribution in [3.8, 4) is 0 Å². The van der Waals surface area contributed by atoms with Crippen LogP contribution in [-0.4, -0.2) is 41.5 Å². The summed E-state index contributed by atoms with van der Waals surface area (Å²) in [5.74, 6) is -0.320. The number of carbonyl (C=O) groups is 2. The number of nitrogens with one attached hydrogen (secondary N) is 1. The standard InChI is InChI=1S/C18H26N2O3/c1-18(2,8-9-21)13-19-17(23)15-10-16(22)20(12-15)11-14-6-4-3-5-7-14/h3-7,15,21H,8-13H2,1-2H3,(H,19,23). The lowest BCUT2D eigenvalue weighted by Crippen LogP contribution is -2.39. The van der Waals surface area contributed by atoms with Crippen LogP contribution in [0.2, 0.25) is 0 Å². The van der Waals surface area contributed by atoms with E-state index in [9.17, 15) is 9.59 Å². The van der Waals surface area contributed by atoms with Crippen LogP contribution in [0.25, 0.3) is 0 Å². The van der Waals surface area contributed by atoms with Gasteiger partial charge in [-0.1, -0.05) is 44.2 Å². The molecule has 1 heterocycles. The molecule has 1 aliphatic heterocycles. The summed E-state index contributed by atoms with van der Waals surface area (Å²) in [4.78, 5) is 26.1. The largest absolute Gasteiger partial charge is 0.396 e. The topological polar surface area (TPSA) is 69.6 Å². The van der Waals surface area contributed by atoms with Crippen LogP contribution in [0.15, 0.2) is 30.3 Å². The van der Waals surface area contributed by atoms with Gasteiger partial charge in [0, 0.05) is 32.7 Å². The van der Waals surface area contributed by atoms with Crippen molar-refractivity contribution in [3.05, 3.63) is 35.9 Å². The van der Waals surface area contributed by atoms with E-state index < -0.39 is 0 Å². The Kier molecular flexibility index (Phi) is 5.77. The first-order chi connectivity index (χ1) is 10.9. The third-order valence-corrected chi connectivity index (χ3v) is 4.33. The molecule has 0 aromatic heterocycles. The maximum Gasteiger partial charge on any atom is 0.225 e. The highest BCUT2D eigenvalue weighted by atomic mass is 16.3. The molecule has 1 aliphatic rings. The van der Waals surface area contributed by atoms with Crippen molar-refractivity contribution in [2.24, 2.45) is 11.3 Å². The van der Waals surface area contributed by atoms with Crippen LogP contribution in [0.3, 0.4) is 0 Å². The van der Waals surface area contributed by atoms with Crippen molar-refractivity contribution < 1.29 is 14.7 Å². The summed E-state index contributed by atoms with van der Waals surface area (Å²) in [5.41, 5.74) is 0.933. The monoisotopic (exact) mass is 318 g/mol. The Hall–Kier alpha value is -1.88. The van der Waals surface area contributed by atoms with E-state index in [1.54, 1.807) is 4.90 Å². The Bertz CT molecular complexity index is 542. The van der Waals surface area contributed by atoms with Crippen LogP contribution in [0.1, 0.15) is 32.3 Å². The number of aliphatic hydroxyl groups excluding tert-OH is 1. The van der Waals surface area contributed by atoms with E-state index >= 15 is 0 Å². The van der Waals surface area contributed by atoms with Crippen LogP contribution in [0.5, 0.6) is 0 Å². The van der Waals surface area contributed by atoms with Crippen molar-refractivity contribution in [2.45, 2.75) is 33.2 Å². The average molecular weight is 318 g/mol. The molecule has 2 N–H and O–H groups in total. The van der Waals surface area contributed by atoms with Gasteiger partial charge in [0.15, 0.2) is 0 Å². The molecule has 2 rings (SSSR count). The fourth-order valence-corrected chi connectivity index (χ4v) is 2.77. The molecule has 0 bridgehead atoms. The molecule has 0 aliphatic carbocycles. The molecule has 0 saturated carbocycles. The first-order valence-corrected chi connectivity index (χ1v) is 8.11. The molecular formula is C18H26N2O3. The van der Waals surface area contributed by atoms with Gasteiger partial charge >= 0.3 is 0 Å². The maximum atomic E-state index is 12.3. The zero-order valence-corrected chi connectivity index (χ0v) is 13.9. The number of hydrogen-bond acceptors (Lipinski definition) is 3. The van der Waals surface area contributed by atoms with Crippen LogP contribution in [-0.2, 0) is 16.1 Å². The summed E-state index contributed by atoms with van der Waals surface area (Å²) >= 11 is 0. The summed E-state index contributed by atoms with van der Waals surface area (Å²) in [7, 11) is 0. The molecule has 23 heavy (non-hydrogen) atoms. The van der Waals surface area contributed by atoms with Crippen molar-refractivity contribution >= 4 is 11.8 Å². The van der Waals surface area contributed by atoms with Gasteiger partial charge in [-0.05, 0) is 17.4 Å². The Morgan fingerprint density at radius 1 is 1.35 bits per heavy atom. The van der Waals surface area contributed by atoms with Crippen molar-refractivity contribution in [1.29, 1.82) is 0 Å². The van der Waals surface area contributed by atoms with Gasteiger partial charge in [-0.2, -0.15) is 0 Å². The van der Waals surface area contributed by atoms with Crippen LogP contribution in [0.4, 0.5) is 0 Å². The van der Waals surface area contributed by atoms with E-state index in [-0.39, 0.29) is 36.2 Å². The fourth-order valence-electron chi connectivity index (χ4n) is 2.77. The Morgan fingerprint density at radius 3 is 2.70 bits per heavy atom. The van der Waals surface area contributed by atoms with Crippen LogP contribution < -0.4 is 5.32 Å². The minimum atomic E-state index is -0.281. The molecule has 0 radical (unpaired) electrons. The maximum absolute atomic E-state index is 12.3. The Labute approximate surface area is 137 Å². The number of rotatable bonds is 7. The highest BCUT2D eigenvalue weighted by molar-refractivity contribution is 5.89. The minimum Gasteiger partial charge on any atom is -0.396 e. The lowest BCUT2D eigenvalue weighted by atomic mass is 9.89. The molecule has 1 atom stereocenters. The molecule has 5 nitrogen and oxygen atoms in total. The van der Waals surface area contributed by atoms with Gasteiger partial charge < -0.3 is 15.3 Å². The van der Waals surface area contributed by atoms with Crippen molar-refractivity contribution in [1.82, 2.24) is 10.2 Å².